The first-order chi connectivity index (χ1) is 8.13. The Labute approximate surface area is 105 Å². The molecule has 5 nitrogen and oxygen atoms in total. The van der Waals surface area contributed by atoms with E-state index >= 15 is 0 Å². The first-order valence-electron chi connectivity index (χ1n) is 5.29. The van der Waals surface area contributed by atoms with E-state index in [4.69, 9.17) is 22.7 Å². The molecule has 1 aromatic heterocycles. The summed E-state index contributed by atoms with van der Waals surface area (Å²) in [6, 6.07) is 3.53. The van der Waals surface area contributed by atoms with Crippen molar-refractivity contribution in [2.45, 2.75) is 13.3 Å². The van der Waals surface area contributed by atoms with Gasteiger partial charge in [-0.3, -0.25) is 9.78 Å². The second-order valence-electron chi connectivity index (χ2n) is 3.28. The highest BCUT2D eigenvalue weighted by Crippen LogP contribution is 2.07. The van der Waals surface area contributed by atoms with Crippen molar-refractivity contribution >= 4 is 28.9 Å². The number of anilines is 1. The molecule has 0 aliphatic heterocycles. The predicted octanol–water partition coefficient (Wildman–Crippen LogP) is 1.08. The average Bonchev–Trinajstić information content (AvgIpc) is 2.30. The highest BCUT2D eigenvalue weighted by molar-refractivity contribution is 7.80. The van der Waals surface area contributed by atoms with Gasteiger partial charge in [-0.05, 0) is 19.1 Å². The minimum absolute atomic E-state index is 0.219. The summed E-state index contributed by atoms with van der Waals surface area (Å²) in [7, 11) is 0. The molecule has 0 aliphatic rings. The van der Waals surface area contributed by atoms with Crippen LogP contribution in [0.3, 0.4) is 0 Å². The van der Waals surface area contributed by atoms with Gasteiger partial charge in [0.05, 0.1) is 18.7 Å². The molecule has 0 atom stereocenters. The quantitative estimate of drug-likeness (QED) is 0.583. The van der Waals surface area contributed by atoms with E-state index in [9.17, 15) is 4.79 Å². The molecule has 3 N–H and O–H groups in total. The lowest BCUT2D eigenvalue weighted by molar-refractivity contribution is -0.142. The molecule has 0 unspecified atom stereocenters. The molecule has 17 heavy (non-hydrogen) atoms. The molecule has 92 valence electrons. The van der Waals surface area contributed by atoms with E-state index in [2.05, 4.69) is 10.3 Å². The van der Waals surface area contributed by atoms with Crippen LogP contribution in [-0.4, -0.2) is 29.1 Å². The van der Waals surface area contributed by atoms with Crippen molar-refractivity contribution < 1.29 is 9.53 Å². The summed E-state index contributed by atoms with van der Waals surface area (Å²) in [5, 5.41) is 3.07. The molecule has 0 saturated heterocycles. The van der Waals surface area contributed by atoms with Gasteiger partial charge in [-0.15, -0.1) is 0 Å². The number of rotatable bonds is 6. The van der Waals surface area contributed by atoms with E-state index in [0.717, 1.165) is 5.69 Å². The maximum absolute atomic E-state index is 11.1. The monoisotopic (exact) mass is 253 g/mol. The molecule has 0 fully saturated rings. The fourth-order valence-corrected chi connectivity index (χ4v) is 1.33. The van der Waals surface area contributed by atoms with Crippen LogP contribution in [0.1, 0.15) is 19.0 Å². The molecular weight excluding hydrogens is 238 g/mol. The molecule has 1 aromatic rings. The van der Waals surface area contributed by atoms with Gasteiger partial charge < -0.3 is 15.8 Å². The van der Waals surface area contributed by atoms with Crippen molar-refractivity contribution in [2.75, 3.05) is 18.5 Å². The summed E-state index contributed by atoms with van der Waals surface area (Å²) in [5.74, 6) is -0.219. The molecule has 1 heterocycles. The zero-order chi connectivity index (χ0) is 12.7. The third-order valence-electron chi connectivity index (χ3n) is 1.98. The Balaban J connectivity index is 2.44. The third kappa shape index (κ3) is 4.78. The van der Waals surface area contributed by atoms with Crippen LogP contribution in [0.4, 0.5) is 5.69 Å². The first kappa shape index (κ1) is 13.4. The molecule has 0 spiro atoms. The van der Waals surface area contributed by atoms with Gasteiger partial charge in [0.25, 0.3) is 0 Å². The van der Waals surface area contributed by atoms with Gasteiger partial charge in [-0.1, -0.05) is 12.2 Å². The van der Waals surface area contributed by atoms with Gasteiger partial charge in [-0.2, -0.15) is 0 Å². The summed E-state index contributed by atoms with van der Waals surface area (Å²) < 4.78 is 4.81. The Morgan fingerprint density at radius 2 is 2.41 bits per heavy atom. The maximum Gasteiger partial charge on any atom is 0.307 e. The number of pyridine rings is 1. The predicted molar refractivity (Wildman–Crippen MR) is 69.9 cm³/mol. The van der Waals surface area contributed by atoms with Crippen molar-refractivity contribution in [3.8, 4) is 0 Å². The number of nitrogens with one attached hydrogen (secondary N) is 1. The highest BCUT2D eigenvalue weighted by Gasteiger charge is 2.02. The molecule has 1 rings (SSSR count). The number of carbonyl (C=O) groups is 1. The molecule has 0 bridgehead atoms. The number of hydrogen-bond acceptors (Lipinski definition) is 5. The molecule has 0 aromatic carbocycles. The van der Waals surface area contributed by atoms with E-state index in [-0.39, 0.29) is 11.0 Å². The van der Waals surface area contributed by atoms with Crippen LogP contribution in [0.2, 0.25) is 0 Å². The first-order valence-corrected chi connectivity index (χ1v) is 5.69. The second-order valence-corrected chi connectivity index (χ2v) is 3.72. The zero-order valence-corrected chi connectivity index (χ0v) is 10.4. The zero-order valence-electron chi connectivity index (χ0n) is 9.60. The number of aromatic nitrogens is 1. The van der Waals surface area contributed by atoms with E-state index in [1.54, 1.807) is 25.3 Å². The Morgan fingerprint density at radius 1 is 1.65 bits per heavy atom. The Morgan fingerprint density at radius 3 is 3.06 bits per heavy atom. The van der Waals surface area contributed by atoms with Crippen LogP contribution in [0, 0.1) is 0 Å². The average molecular weight is 253 g/mol. The molecule has 0 aliphatic carbocycles. The smallest absolute Gasteiger partial charge is 0.307 e. The fraction of sp³-hybridized carbons (Fsp3) is 0.364. The lowest BCUT2D eigenvalue weighted by atomic mass is 10.3. The number of nitrogens with zero attached hydrogens (tertiary/aromatic N) is 1. The molecular formula is C11H15N3O2S. The van der Waals surface area contributed by atoms with Gasteiger partial charge in [0.2, 0.25) is 0 Å². The SMILES string of the molecule is CCOC(=O)CCNc1ccnc(C(N)=S)c1. The molecule has 6 heteroatoms. The largest absolute Gasteiger partial charge is 0.466 e. The molecule has 0 radical (unpaired) electrons. The summed E-state index contributed by atoms with van der Waals surface area (Å²) >= 11 is 4.82. The molecule has 0 saturated carbocycles. The summed E-state index contributed by atoms with van der Waals surface area (Å²) in [5.41, 5.74) is 6.85. The number of carbonyl (C=O) groups excluding carboxylic acids is 1. The fourth-order valence-electron chi connectivity index (χ4n) is 1.22. The van der Waals surface area contributed by atoms with Crippen molar-refractivity contribution in [3.63, 3.8) is 0 Å². The Kier molecular flexibility index (Phi) is 5.35. The van der Waals surface area contributed by atoms with Gasteiger partial charge in [0, 0.05) is 18.4 Å². The van der Waals surface area contributed by atoms with Crippen LogP contribution in [0.25, 0.3) is 0 Å². The molecule has 0 amide bonds. The Hall–Kier alpha value is -1.69. The third-order valence-corrected chi connectivity index (χ3v) is 2.19. The number of hydrogen-bond donors (Lipinski definition) is 2. The van der Waals surface area contributed by atoms with Gasteiger partial charge in [0.15, 0.2) is 0 Å². The van der Waals surface area contributed by atoms with E-state index in [1.165, 1.54) is 0 Å². The lowest BCUT2D eigenvalue weighted by Crippen LogP contribution is -2.14. The number of esters is 1. The van der Waals surface area contributed by atoms with Gasteiger partial charge >= 0.3 is 5.97 Å². The van der Waals surface area contributed by atoms with Crippen LogP contribution < -0.4 is 11.1 Å². The van der Waals surface area contributed by atoms with Crippen molar-refractivity contribution in [1.29, 1.82) is 0 Å². The van der Waals surface area contributed by atoms with Crippen LogP contribution in [0.15, 0.2) is 18.3 Å². The van der Waals surface area contributed by atoms with Crippen LogP contribution in [-0.2, 0) is 9.53 Å². The second kappa shape index (κ2) is 6.80. The van der Waals surface area contributed by atoms with E-state index in [1.807, 2.05) is 0 Å². The standard InChI is InChI=1S/C11H15N3O2S/c1-2-16-10(15)4-6-13-8-3-5-14-9(7-8)11(12)17/h3,5,7H,2,4,6H2,1H3,(H2,12,17)(H,13,14). The number of ether oxygens (including phenoxy) is 1. The van der Waals surface area contributed by atoms with Gasteiger partial charge in [0.1, 0.15) is 4.99 Å². The lowest BCUT2D eigenvalue weighted by Gasteiger charge is -2.07. The number of nitrogens with two attached hydrogens (primary N) is 1. The minimum Gasteiger partial charge on any atom is -0.466 e. The Bertz CT molecular complexity index is 409. The van der Waals surface area contributed by atoms with E-state index in [0.29, 0.717) is 25.3 Å². The summed E-state index contributed by atoms with van der Waals surface area (Å²) in [4.78, 5) is 15.4. The van der Waals surface area contributed by atoms with Crippen LogP contribution in [0.5, 0.6) is 0 Å². The maximum atomic E-state index is 11.1. The minimum atomic E-state index is -0.219. The summed E-state index contributed by atoms with van der Waals surface area (Å²) in [6.45, 7) is 2.68. The van der Waals surface area contributed by atoms with Crippen molar-refractivity contribution in [1.82, 2.24) is 4.98 Å². The van der Waals surface area contributed by atoms with Gasteiger partial charge in [-0.25, -0.2) is 0 Å². The topological polar surface area (TPSA) is 77.2 Å². The summed E-state index contributed by atoms with van der Waals surface area (Å²) in [6.07, 6.45) is 1.93. The van der Waals surface area contributed by atoms with Crippen LogP contribution >= 0.6 is 12.2 Å². The van der Waals surface area contributed by atoms with Crippen molar-refractivity contribution in [2.24, 2.45) is 5.73 Å². The van der Waals surface area contributed by atoms with Crippen molar-refractivity contribution in [3.05, 3.63) is 24.0 Å². The normalized spacial score (nSPS) is 9.71. The number of thiocarbonyl (C=S) groups is 1. The van der Waals surface area contributed by atoms with E-state index < -0.39 is 0 Å². The highest BCUT2D eigenvalue weighted by atomic mass is 32.1.